The smallest absolute Gasteiger partial charge is 0.337 e. The van der Waals surface area contributed by atoms with Crippen LogP contribution in [0.25, 0.3) is 22.3 Å². The molecule has 0 aliphatic heterocycles. The van der Waals surface area contributed by atoms with Crippen LogP contribution in [-0.4, -0.2) is 52.0 Å². The second kappa shape index (κ2) is 14.1. The molecule has 1 amide bonds. The number of rotatable bonds is 14. The lowest BCUT2D eigenvalue weighted by Gasteiger charge is -2.24. The number of carbonyl (C=O) groups is 2. The molecule has 0 unspecified atom stereocenters. The predicted molar refractivity (Wildman–Crippen MR) is 169 cm³/mol. The molecule has 0 bridgehead atoms. The first kappa shape index (κ1) is 30.6. The van der Waals surface area contributed by atoms with Gasteiger partial charge in [-0.3, -0.25) is 4.79 Å². The van der Waals surface area contributed by atoms with Crippen LogP contribution in [0.15, 0.2) is 65.1 Å². The van der Waals surface area contributed by atoms with E-state index in [1.165, 1.54) is 24.8 Å². The summed E-state index contributed by atoms with van der Waals surface area (Å²) < 4.78 is 32.9. The van der Waals surface area contributed by atoms with Crippen molar-refractivity contribution in [2.24, 2.45) is 0 Å². The normalized spacial score (nSPS) is 12.8. The van der Waals surface area contributed by atoms with Crippen LogP contribution in [0.4, 0.5) is 10.1 Å². The number of furan rings is 1. The van der Waals surface area contributed by atoms with E-state index in [1.807, 2.05) is 18.2 Å². The molecule has 0 atom stereocenters. The molecule has 43 heavy (non-hydrogen) atoms. The highest BCUT2D eigenvalue weighted by atomic mass is 32.2. The van der Waals surface area contributed by atoms with Crippen LogP contribution in [0, 0.1) is 5.82 Å². The number of nitrogens with zero attached hydrogens (tertiary/aromatic N) is 1. The number of carbonyl (C=O) groups excluding carboxylic acids is 2. The lowest BCUT2D eigenvalue weighted by Crippen LogP contribution is -2.19. The number of amides is 1. The van der Waals surface area contributed by atoms with Gasteiger partial charge in [0.1, 0.15) is 17.2 Å². The molecule has 226 valence electrons. The molecule has 9 heteroatoms. The van der Waals surface area contributed by atoms with Gasteiger partial charge in [-0.2, -0.15) is 0 Å². The molecular formula is C34H37FN2O5S. The first-order valence-electron chi connectivity index (χ1n) is 14.6. The number of ether oxygens (including phenoxy) is 2. The van der Waals surface area contributed by atoms with E-state index in [0.717, 1.165) is 55.3 Å². The van der Waals surface area contributed by atoms with E-state index in [9.17, 15) is 14.0 Å². The number of hydrogen-bond donors (Lipinski definition) is 1. The Kier molecular flexibility index (Phi) is 10.0. The number of nitrogens with one attached hydrogen (secondary N) is 1. The topological polar surface area (TPSA) is 81.0 Å². The Morgan fingerprint density at radius 3 is 2.42 bits per heavy atom. The third kappa shape index (κ3) is 7.22. The van der Waals surface area contributed by atoms with Crippen LogP contribution in [0.2, 0.25) is 0 Å². The maximum atomic E-state index is 13.6. The molecule has 0 saturated heterocycles. The molecule has 1 fully saturated rings. The molecule has 7 nitrogen and oxygen atoms in total. The molecule has 1 N–H and O–H groups in total. The summed E-state index contributed by atoms with van der Waals surface area (Å²) in [6.07, 6.45) is 6.94. The van der Waals surface area contributed by atoms with Crippen LogP contribution in [0.5, 0.6) is 0 Å². The van der Waals surface area contributed by atoms with Crippen LogP contribution in [0.1, 0.15) is 63.4 Å². The van der Waals surface area contributed by atoms with E-state index in [0.29, 0.717) is 47.2 Å². The van der Waals surface area contributed by atoms with Gasteiger partial charge in [-0.15, -0.1) is 0 Å². The molecule has 1 aliphatic rings. The van der Waals surface area contributed by atoms with E-state index >= 15 is 0 Å². The van der Waals surface area contributed by atoms with Gasteiger partial charge in [-0.1, -0.05) is 24.1 Å². The Labute approximate surface area is 255 Å². The van der Waals surface area contributed by atoms with E-state index in [-0.39, 0.29) is 17.7 Å². The number of methoxy groups -OCH3 is 1. The van der Waals surface area contributed by atoms with Gasteiger partial charge in [0.2, 0.25) is 0 Å². The van der Waals surface area contributed by atoms with Crippen molar-refractivity contribution < 1.29 is 27.9 Å². The summed E-state index contributed by atoms with van der Waals surface area (Å²) in [6.45, 7) is 2.11. The average molecular weight is 605 g/mol. The third-order valence-electron chi connectivity index (χ3n) is 7.68. The molecule has 0 radical (unpaired) electrons. The maximum absolute atomic E-state index is 13.6. The Balaban J connectivity index is 1.24. The zero-order valence-corrected chi connectivity index (χ0v) is 25.6. The minimum atomic E-state index is -0.342. The van der Waals surface area contributed by atoms with Gasteiger partial charge in [0.05, 0.1) is 23.9 Å². The van der Waals surface area contributed by atoms with Crippen LogP contribution in [-0.2, 0) is 15.9 Å². The molecule has 1 aliphatic carbocycles. The number of fused-ring (bicyclic) bond motifs is 1. The van der Waals surface area contributed by atoms with Gasteiger partial charge in [-0.25, -0.2) is 9.18 Å². The van der Waals surface area contributed by atoms with Crippen molar-refractivity contribution in [3.63, 3.8) is 0 Å². The second-order valence-electron chi connectivity index (χ2n) is 10.6. The lowest BCUT2D eigenvalue weighted by molar-refractivity contribution is 0.0600. The highest BCUT2D eigenvalue weighted by molar-refractivity contribution is 7.99. The highest BCUT2D eigenvalue weighted by Gasteiger charge is 2.31. The van der Waals surface area contributed by atoms with Crippen molar-refractivity contribution in [1.82, 2.24) is 5.32 Å². The Morgan fingerprint density at radius 2 is 1.77 bits per heavy atom. The number of aryl methyl sites for hydroxylation is 1. The molecule has 3 aromatic carbocycles. The van der Waals surface area contributed by atoms with Crippen molar-refractivity contribution >= 4 is 40.5 Å². The zero-order valence-electron chi connectivity index (χ0n) is 24.8. The van der Waals surface area contributed by atoms with Crippen molar-refractivity contribution in [2.75, 3.05) is 44.5 Å². The second-order valence-corrected chi connectivity index (χ2v) is 11.4. The summed E-state index contributed by atoms with van der Waals surface area (Å²) in [4.78, 5) is 24.6. The van der Waals surface area contributed by atoms with Crippen molar-refractivity contribution in [1.29, 1.82) is 0 Å². The summed E-state index contributed by atoms with van der Waals surface area (Å²) in [5.74, 6) is -0.00740. The molecule has 5 rings (SSSR count). The molecule has 1 heterocycles. The van der Waals surface area contributed by atoms with Crippen LogP contribution >= 0.6 is 11.9 Å². The van der Waals surface area contributed by atoms with E-state index in [4.69, 9.17) is 13.9 Å². The van der Waals surface area contributed by atoms with Crippen molar-refractivity contribution in [3.05, 3.63) is 88.7 Å². The van der Waals surface area contributed by atoms with Gasteiger partial charge >= 0.3 is 5.97 Å². The van der Waals surface area contributed by atoms with Gasteiger partial charge in [0.25, 0.3) is 5.91 Å². The lowest BCUT2D eigenvalue weighted by atomic mass is 10.0. The predicted octanol–water partition coefficient (Wildman–Crippen LogP) is 7.39. The first-order chi connectivity index (χ1) is 20.9. The van der Waals surface area contributed by atoms with Gasteiger partial charge in [-0.05, 0) is 91.6 Å². The molecule has 1 saturated carbocycles. The average Bonchev–Trinajstić information content (AvgIpc) is 3.82. The Hall–Kier alpha value is -3.82. The fourth-order valence-electron chi connectivity index (χ4n) is 5.27. The van der Waals surface area contributed by atoms with E-state index < -0.39 is 0 Å². The maximum Gasteiger partial charge on any atom is 0.337 e. The minimum Gasteiger partial charge on any atom is -0.465 e. The zero-order chi connectivity index (χ0) is 30.3. The Morgan fingerprint density at radius 1 is 1.05 bits per heavy atom. The van der Waals surface area contributed by atoms with E-state index in [2.05, 4.69) is 21.9 Å². The number of halogens is 1. The van der Waals surface area contributed by atoms with Crippen molar-refractivity contribution in [3.8, 4) is 11.3 Å². The first-order valence-corrected chi connectivity index (χ1v) is 15.8. The standard InChI is InChI=1S/C34H37FN2O5S/c1-36-33(38)31-28-20-27(23-11-12-23)29(21-30(28)42-32(31)24-13-15-26(35)16-14-24)37(43-3)17-5-19-41-18-4-6-22-7-9-25(10-8-22)34(39)40-2/h7-10,13-16,20-21,23H,4-6,11-12,17-19H2,1-3H3,(H,36,38). The number of esters is 1. The van der Waals surface area contributed by atoms with Crippen LogP contribution < -0.4 is 9.62 Å². The van der Waals surface area contributed by atoms with Gasteiger partial charge in [0.15, 0.2) is 0 Å². The number of hydrogen-bond acceptors (Lipinski definition) is 7. The Bertz CT molecular complexity index is 1560. The van der Waals surface area contributed by atoms with Crippen molar-refractivity contribution in [2.45, 2.75) is 38.0 Å². The minimum absolute atomic E-state index is 0.232. The largest absolute Gasteiger partial charge is 0.465 e. The summed E-state index contributed by atoms with van der Waals surface area (Å²) >= 11 is 1.66. The van der Waals surface area contributed by atoms with Gasteiger partial charge < -0.3 is 23.5 Å². The molecule has 0 spiro atoms. The fourth-order valence-corrected chi connectivity index (χ4v) is 5.93. The molecule has 4 aromatic rings. The molecular weight excluding hydrogens is 567 g/mol. The molecule has 1 aromatic heterocycles. The summed E-state index contributed by atoms with van der Waals surface area (Å²) in [5, 5.41) is 3.51. The van der Waals surface area contributed by atoms with Gasteiger partial charge in [0, 0.05) is 50.1 Å². The quantitative estimate of drug-likeness (QED) is 0.0913. The number of benzene rings is 3. The highest BCUT2D eigenvalue weighted by Crippen LogP contribution is 2.48. The number of anilines is 1. The summed E-state index contributed by atoms with van der Waals surface area (Å²) in [7, 11) is 2.99. The summed E-state index contributed by atoms with van der Waals surface area (Å²) in [6, 6.07) is 17.7. The SMILES string of the molecule is CNC(=O)c1c(-c2ccc(F)cc2)oc2cc(N(CCCOCCCc3ccc(C(=O)OC)cc3)SC)c(C3CC3)cc12. The monoisotopic (exact) mass is 604 g/mol. The fraction of sp³-hybridized carbons (Fsp3) is 0.353. The van der Waals surface area contributed by atoms with E-state index in [1.54, 1.807) is 43.3 Å². The third-order valence-corrected chi connectivity index (χ3v) is 8.50. The van der Waals surface area contributed by atoms with Crippen LogP contribution in [0.3, 0.4) is 0 Å². The summed E-state index contributed by atoms with van der Waals surface area (Å²) in [5.41, 5.74) is 5.79.